The third-order valence-corrected chi connectivity index (χ3v) is 3.64. The molecule has 0 aliphatic heterocycles. The van der Waals surface area contributed by atoms with E-state index in [1.165, 1.54) is 12.1 Å². The Morgan fingerprint density at radius 1 is 1.13 bits per heavy atom. The van der Waals surface area contributed by atoms with E-state index in [2.05, 4.69) is 27.7 Å². The summed E-state index contributed by atoms with van der Waals surface area (Å²) in [5.41, 5.74) is 3.06. The van der Waals surface area contributed by atoms with Gasteiger partial charge in [-0.15, -0.1) is 0 Å². The Bertz CT molecular complexity index is 628. The molecule has 1 heterocycles. The van der Waals surface area contributed by atoms with Gasteiger partial charge in [0.15, 0.2) is 5.96 Å². The minimum Gasteiger partial charge on any atom is -0.361 e. The highest BCUT2D eigenvalue weighted by Gasteiger charge is 2.13. The molecule has 0 fully saturated rings. The van der Waals surface area contributed by atoms with Crippen LogP contribution in [-0.2, 0) is 25.9 Å². The second-order valence-electron chi connectivity index (χ2n) is 5.14. The van der Waals surface area contributed by atoms with Crippen molar-refractivity contribution in [3.05, 3.63) is 52.7 Å². The van der Waals surface area contributed by atoms with E-state index in [0.717, 1.165) is 35.4 Å². The van der Waals surface area contributed by atoms with E-state index < -0.39 is 0 Å². The highest BCUT2D eigenvalue weighted by molar-refractivity contribution is 5.79. The van der Waals surface area contributed by atoms with Crippen LogP contribution >= 0.6 is 0 Å². The third kappa shape index (κ3) is 4.55. The average molecular weight is 318 g/mol. The van der Waals surface area contributed by atoms with E-state index in [4.69, 9.17) is 4.52 Å². The molecule has 0 amide bonds. The Morgan fingerprint density at radius 3 is 2.43 bits per heavy atom. The highest BCUT2D eigenvalue weighted by Crippen LogP contribution is 2.15. The van der Waals surface area contributed by atoms with Crippen molar-refractivity contribution >= 4 is 5.96 Å². The Kier molecular flexibility index (Phi) is 6.14. The number of guanidine groups is 1. The molecule has 124 valence electrons. The first-order chi connectivity index (χ1) is 11.2. The summed E-state index contributed by atoms with van der Waals surface area (Å²) in [5, 5.41) is 10.6. The van der Waals surface area contributed by atoms with Crippen LogP contribution in [0.5, 0.6) is 0 Å². The number of hydrogen-bond acceptors (Lipinski definition) is 3. The van der Waals surface area contributed by atoms with Crippen LogP contribution in [0.4, 0.5) is 4.39 Å². The van der Waals surface area contributed by atoms with Crippen LogP contribution in [0, 0.1) is 5.82 Å². The van der Waals surface area contributed by atoms with E-state index >= 15 is 0 Å². The zero-order chi connectivity index (χ0) is 16.7. The number of halogens is 1. The first-order valence-electron chi connectivity index (χ1n) is 7.83. The fourth-order valence-corrected chi connectivity index (χ4v) is 2.32. The van der Waals surface area contributed by atoms with Crippen LogP contribution in [0.3, 0.4) is 0 Å². The molecular formula is C17H23FN4O. The second-order valence-corrected chi connectivity index (χ2v) is 5.14. The number of rotatable bonds is 6. The predicted molar refractivity (Wildman–Crippen MR) is 88.7 cm³/mol. The van der Waals surface area contributed by atoms with Gasteiger partial charge in [0.1, 0.15) is 11.6 Å². The Labute approximate surface area is 136 Å². The Morgan fingerprint density at radius 2 is 1.83 bits per heavy atom. The SMILES string of the molecule is CCc1noc(CC)c1CNC(=NC)NCc1ccc(F)cc1. The summed E-state index contributed by atoms with van der Waals surface area (Å²) in [7, 11) is 1.72. The lowest BCUT2D eigenvalue weighted by Crippen LogP contribution is -2.36. The van der Waals surface area contributed by atoms with Gasteiger partial charge in [-0.1, -0.05) is 31.1 Å². The number of hydrogen-bond donors (Lipinski definition) is 2. The molecule has 0 radical (unpaired) electrons. The molecule has 1 aromatic heterocycles. The summed E-state index contributed by atoms with van der Waals surface area (Å²) < 4.78 is 18.3. The largest absolute Gasteiger partial charge is 0.361 e. The molecular weight excluding hydrogens is 295 g/mol. The van der Waals surface area contributed by atoms with E-state index in [0.29, 0.717) is 19.0 Å². The van der Waals surface area contributed by atoms with E-state index in [1.807, 2.05) is 6.92 Å². The number of aromatic nitrogens is 1. The Balaban J connectivity index is 1.93. The normalized spacial score (nSPS) is 11.6. The molecule has 0 aliphatic carbocycles. The van der Waals surface area contributed by atoms with Crippen LogP contribution in [0.15, 0.2) is 33.8 Å². The van der Waals surface area contributed by atoms with Gasteiger partial charge >= 0.3 is 0 Å². The van der Waals surface area contributed by atoms with Crippen molar-refractivity contribution in [1.82, 2.24) is 15.8 Å². The maximum Gasteiger partial charge on any atom is 0.191 e. The number of aliphatic imine (C=N–C) groups is 1. The quantitative estimate of drug-likeness (QED) is 0.635. The molecule has 0 saturated heterocycles. The van der Waals surface area contributed by atoms with Crippen molar-refractivity contribution in [3.8, 4) is 0 Å². The van der Waals surface area contributed by atoms with Gasteiger partial charge in [-0.3, -0.25) is 4.99 Å². The summed E-state index contributed by atoms with van der Waals surface area (Å²) in [6.07, 6.45) is 1.65. The van der Waals surface area contributed by atoms with Gasteiger partial charge in [0, 0.05) is 32.1 Å². The Hall–Kier alpha value is -2.37. The molecule has 2 N–H and O–H groups in total. The molecule has 0 unspecified atom stereocenters. The standard InChI is InChI=1S/C17H23FN4O/c1-4-15-14(16(5-2)23-22-15)11-21-17(19-3)20-10-12-6-8-13(18)9-7-12/h6-9H,4-5,10-11H2,1-3H3,(H2,19,20,21). The molecule has 0 bridgehead atoms. The molecule has 5 nitrogen and oxygen atoms in total. The van der Waals surface area contributed by atoms with Gasteiger partial charge in [-0.05, 0) is 24.1 Å². The number of benzene rings is 1. The van der Waals surface area contributed by atoms with Gasteiger partial charge in [-0.25, -0.2) is 4.39 Å². The van der Waals surface area contributed by atoms with E-state index in [-0.39, 0.29) is 5.82 Å². The molecule has 1 aromatic carbocycles. The minimum absolute atomic E-state index is 0.233. The van der Waals surface area contributed by atoms with Gasteiger partial charge in [0.05, 0.1) is 5.69 Å². The van der Waals surface area contributed by atoms with E-state index in [9.17, 15) is 4.39 Å². The minimum atomic E-state index is -0.233. The van der Waals surface area contributed by atoms with Gasteiger partial charge < -0.3 is 15.2 Å². The molecule has 0 atom stereocenters. The fourth-order valence-electron chi connectivity index (χ4n) is 2.32. The summed E-state index contributed by atoms with van der Waals surface area (Å²) in [4.78, 5) is 4.20. The predicted octanol–water partition coefficient (Wildman–Crippen LogP) is 2.80. The number of aryl methyl sites for hydroxylation is 2. The summed E-state index contributed by atoms with van der Waals surface area (Å²) in [6.45, 7) is 5.29. The first kappa shape index (κ1) is 17.0. The van der Waals surface area contributed by atoms with Crippen LogP contribution in [0.2, 0.25) is 0 Å². The fraction of sp³-hybridized carbons (Fsp3) is 0.412. The average Bonchev–Trinajstić information content (AvgIpc) is 2.98. The maximum absolute atomic E-state index is 12.9. The second kappa shape index (κ2) is 8.31. The van der Waals surface area contributed by atoms with Crippen molar-refractivity contribution in [2.24, 2.45) is 4.99 Å². The molecule has 2 aromatic rings. The zero-order valence-electron chi connectivity index (χ0n) is 13.8. The summed E-state index contributed by atoms with van der Waals surface area (Å²) in [6, 6.07) is 6.40. The van der Waals surface area contributed by atoms with Crippen LogP contribution < -0.4 is 10.6 Å². The van der Waals surface area contributed by atoms with Crippen LogP contribution in [-0.4, -0.2) is 18.2 Å². The molecule has 0 aliphatic rings. The van der Waals surface area contributed by atoms with Gasteiger partial charge in [-0.2, -0.15) is 0 Å². The van der Waals surface area contributed by atoms with Crippen molar-refractivity contribution < 1.29 is 8.91 Å². The number of nitrogens with zero attached hydrogens (tertiary/aromatic N) is 2. The molecule has 0 saturated carbocycles. The zero-order valence-corrected chi connectivity index (χ0v) is 13.8. The lowest BCUT2D eigenvalue weighted by Gasteiger charge is -2.12. The lowest BCUT2D eigenvalue weighted by atomic mass is 10.1. The third-order valence-electron chi connectivity index (χ3n) is 3.64. The van der Waals surface area contributed by atoms with Gasteiger partial charge in [0.25, 0.3) is 0 Å². The topological polar surface area (TPSA) is 62.5 Å². The van der Waals surface area contributed by atoms with E-state index in [1.54, 1.807) is 19.2 Å². The summed E-state index contributed by atoms with van der Waals surface area (Å²) >= 11 is 0. The monoisotopic (exact) mass is 318 g/mol. The summed E-state index contributed by atoms with van der Waals surface area (Å²) in [5.74, 6) is 1.35. The van der Waals surface area contributed by atoms with Crippen molar-refractivity contribution in [3.63, 3.8) is 0 Å². The smallest absolute Gasteiger partial charge is 0.191 e. The number of nitrogens with one attached hydrogen (secondary N) is 2. The molecule has 2 rings (SSSR count). The van der Waals surface area contributed by atoms with Crippen LogP contribution in [0.25, 0.3) is 0 Å². The van der Waals surface area contributed by atoms with Crippen molar-refractivity contribution in [2.75, 3.05) is 7.05 Å². The molecule has 23 heavy (non-hydrogen) atoms. The first-order valence-corrected chi connectivity index (χ1v) is 7.83. The van der Waals surface area contributed by atoms with Crippen molar-refractivity contribution in [2.45, 2.75) is 39.8 Å². The lowest BCUT2D eigenvalue weighted by molar-refractivity contribution is 0.380. The molecule has 6 heteroatoms. The maximum atomic E-state index is 12.9. The van der Waals surface area contributed by atoms with Crippen LogP contribution in [0.1, 0.15) is 36.4 Å². The molecule has 0 spiro atoms. The van der Waals surface area contributed by atoms with Crippen molar-refractivity contribution in [1.29, 1.82) is 0 Å². The highest BCUT2D eigenvalue weighted by atomic mass is 19.1. The van der Waals surface area contributed by atoms with Gasteiger partial charge in [0.2, 0.25) is 0 Å².